The van der Waals surface area contributed by atoms with Crippen LogP contribution < -0.4 is 5.73 Å². The van der Waals surface area contributed by atoms with Gasteiger partial charge >= 0.3 is 5.97 Å². The van der Waals surface area contributed by atoms with E-state index in [1.807, 2.05) is 19.1 Å². The van der Waals surface area contributed by atoms with Crippen LogP contribution in [0.3, 0.4) is 0 Å². The van der Waals surface area contributed by atoms with E-state index < -0.39 is 5.97 Å². The molecular formula is C12H10ClNO2S. The van der Waals surface area contributed by atoms with Crippen molar-refractivity contribution in [2.24, 2.45) is 0 Å². The zero-order chi connectivity index (χ0) is 12.6. The Morgan fingerprint density at radius 1 is 1.47 bits per heavy atom. The Balaban J connectivity index is 2.58. The van der Waals surface area contributed by atoms with Crippen LogP contribution in [0.15, 0.2) is 24.3 Å². The number of hydrogen-bond donors (Lipinski definition) is 2. The second-order valence-corrected chi connectivity index (χ2v) is 5.07. The number of carboxylic acid groups (broad SMARTS) is 1. The van der Waals surface area contributed by atoms with Crippen molar-refractivity contribution in [3.63, 3.8) is 0 Å². The zero-order valence-corrected chi connectivity index (χ0v) is 10.6. The minimum absolute atomic E-state index is 0.166. The van der Waals surface area contributed by atoms with Gasteiger partial charge in [0.1, 0.15) is 4.88 Å². The van der Waals surface area contributed by atoms with Crippen molar-refractivity contribution in [2.45, 2.75) is 6.92 Å². The summed E-state index contributed by atoms with van der Waals surface area (Å²) in [5, 5.41) is 9.61. The maximum atomic E-state index is 10.9. The second kappa shape index (κ2) is 4.39. The van der Waals surface area contributed by atoms with Gasteiger partial charge in [0, 0.05) is 9.90 Å². The summed E-state index contributed by atoms with van der Waals surface area (Å²) in [5.74, 6) is -1.00. The number of nitrogens with two attached hydrogens (primary N) is 1. The number of rotatable bonds is 2. The topological polar surface area (TPSA) is 63.3 Å². The summed E-state index contributed by atoms with van der Waals surface area (Å²) in [4.78, 5) is 11.9. The Morgan fingerprint density at radius 3 is 2.76 bits per heavy atom. The molecule has 0 fully saturated rings. The van der Waals surface area contributed by atoms with Crippen molar-refractivity contribution in [3.8, 4) is 10.4 Å². The molecule has 1 heterocycles. The monoisotopic (exact) mass is 267 g/mol. The molecule has 0 spiro atoms. The quantitative estimate of drug-likeness (QED) is 0.873. The molecule has 0 saturated heterocycles. The largest absolute Gasteiger partial charge is 0.477 e. The summed E-state index contributed by atoms with van der Waals surface area (Å²) in [6.07, 6.45) is 0. The van der Waals surface area contributed by atoms with E-state index in [4.69, 9.17) is 22.4 Å². The highest BCUT2D eigenvalue weighted by atomic mass is 35.5. The van der Waals surface area contributed by atoms with Crippen molar-refractivity contribution < 1.29 is 9.90 Å². The highest BCUT2D eigenvalue weighted by Crippen LogP contribution is 2.36. The standard InChI is InChI=1S/C12H10ClNO2S/c1-6-7(3-2-4-8(6)13)10-5-9(14)11(17-10)12(15)16/h2-5H,14H2,1H3,(H,15,16). The first-order chi connectivity index (χ1) is 8.00. The molecule has 0 bridgehead atoms. The maximum absolute atomic E-state index is 10.9. The van der Waals surface area contributed by atoms with Gasteiger partial charge in [0.2, 0.25) is 0 Å². The number of hydrogen-bond acceptors (Lipinski definition) is 3. The lowest BCUT2D eigenvalue weighted by atomic mass is 10.1. The molecule has 0 unspecified atom stereocenters. The molecule has 0 aliphatic carbocycles. The third kappa shape index (κ3) is 2.14. The first-order valence-corrected chi connectivity index (χ1v) is 6.08. The molecule has 1 aromatic heterocycles. The summed E-state index contributed by atoms with van der Waals surface area (Å²) < 4.78 is 0. The lowest BCUT2D eigenvalue weighted by Crippen LogP contribution is -1.96. The predicted molar refractivity (Wildman–Crippen MR) is 70.9 cm³/mol. The van der Waals surface area contributed by atoms with E-state index in [-0.39, 0.29) is 10.6 Å². The van der Waals surface area contributed by atoms with Crippen LogP contribution in [0.5, 0.6) is 0 Å². The molecule has 17 heavy (non-hydrogen) atoms. The van der Waals surface area contributed by atoms with Gasteiger partial charge in [0.15, 0.2) is 0 Å². The Morgan fingerprint density at radius 2 is 2.18 bits per heavy atom. The highest BCUT2D eigenvalue weighted by Gasteiger charge is 2.15. The first-order valence-electron chi connectivity index (χ1n) is 4.89. The number of carboxylic acids is 1. The third-order valence-electron chi connectivity index (χ3n) is 2.49. The molecule has 0 amide bonds. The van der Waals surface area contributed by atoms with Gasteiger partial charge in [-0.3, -0.25) is 0 Å². The molecule has 1 aromatic carbocycles. The number of carbonyl (C=O) groups is 1. The van der Waals surface area contributed by atoms with Crippen molar-refractivity contribution in [1.29, 1.82) is 0 Å². The number of nitrogen functional groups attached to an aromatic ring is 1. The van der Waals surface area contributed by atoms with E-state index in [9.17, 15) is 4.79 Å². The SMILES string of the molecule is Cc1c(Cl)cccc1-c1cc(N)c(C(=O)O)s1. The van der Waals surface area contributed by atoms with Crippen molar-refractivity contribution in [1.82, 2.24) is 0 Å². The van der Waals surface area contributed by atoms with Gasteiger partial charge in [-0.25, -0.2) is 4.79 Å². The van der Waals surface area contributed by atoms with Crippen LogP contribution in [0.25, 0.3) is 10.4 Å². The Labute approximate surface area is 107 Å². The molecule has 2 rings (SSSR count). The van der Waals surface area contributed by atoms with Gasteiger partial charge in [-0.05, 0) is 30.2 Å². The minimum Gasteiger partial charge on any atom is -0.477 e. The second-order valence-electron chi connectivity index (χ2n) is 3.61. The minimum atomic E-state index is -1.00. The smallest absolute Gasteiger partial charge is 0.348 e. The predicted octanol–water partition coefficient (Wildman–Crippen LogP) is 3.66. The van der Waals surface area contributed by atoms with Crippen molar-refractivity contribution in [3.05, 3.63) is 39.7 Å². The summed E-state index contributed by atoms with van der Waals surface area (Å²) >= 11 is 7.19. The number of halogens is 1. The molecule has 2 aromatic rings. The zero-order valence-electron chi connectivity index (χ0n) is 9.03. The fraction of sp³-hybridized carbons (Fsp3) is 0.0833. The van der Waals surface area contributed by atoms with E-state index in [0.717, 1.165) is 27.3 Å². The molecule has 0 aliphatic heterocycles. The van der Waals surface area contributed by atoms with Crippen molar-refractivity contribution in [2.75, 3.05) is 5.73 Å². The number of aromatic carboxylic acids is 1. The Bertz CT molecular complexity index is 592. The number of thiophene rings is 1. The fourth-order valence-electron chi connectivity index (χ4n) is 1.58. The summed E-state index contributed by atoms with van der Waals surface area (Å²) in [6, 6.07) is 7.21. The Kier molecular flexibility index (Phi) is 3.09. The van der Waals surface area contributed by atoms with Crippen LogP contribution >= 0.6 is 22.9 Å². The van der Waals surface area contributed by atoms with Crippen LogP contribution in [0.2, 0.25) is 5.02 Å². The lowest BCUT2D eigenvalue weighted by molar-refractivity contribution is 0.0703. The van der Waals surface area contributed by atoms with Gasteiger partial charge in [-0.2, -0.15) is 0 Å². The summed E-state index contributed by atoms with van der Waals surface area (Å²) in [7, 11) is 0. The molecule has 5 heteroatoms. The van der Waals surface area contributed by atoms with Crippen LogP contribution in [-0.4, -0.2) is 11.1 Å². The number of anilines is 1. The normalized spacial score (nSPS) is 10.5. The molecule has 0 saturated carbocycles. The van der Waals surface area contributed by atoms with Crippen LogP contribution in [0.4, 0.5) is 5.69 Å². The van der Waals surface area contributed by atoms with E-state index in [1.165, 1.54) is 0 Å². The van der Waals surface area contributed by atoms with Gasteiger partial charge in [0.25, 0.3) is 0 Å². The van der Waals surface area contributed by atoms with E-state index in [2.05, 4.69) is 0 Å². The van der Waals surface area contributed by atoms with Crippen molar-refractivity contribution >= 4 is 34.6 Å². The van der Waals surface area contributed by atoms with Crippen LogP contribution in [-0.2, 0) is 0 Å². The molecule has 0 radical (unpaired) electrons. The van der Waals surface area contributed by atoms with E-state index >= 15 is 0 Å². The van der Waals surface area contributed by atoms with E-state index in [1.54, 1.807) is 12.1 Å². The fourth-order valence-corrected chi connectivity index (χ4v) is 2.75. The lowest BCUT2D eigenvalue weighted by Gasteiger charge is -2.04. The van der Waals surface area contributed by atoms with E-state index in [0.29, 0.717) is 5.02 Å². The average Bonchev–Trinajstić information content (AvgIpc) is 2.64. The molecule has 88 valence electrons. The third-order valence-corrected chi connectivity index (χ3v) is 4.07. The molecule has 0 atom stereocenters. The highest BCUT2D eigenvalue weighted by molar-refractivity contribution is 7.18. The average molecular weight is 268 g/mol. The van der Waals surface area contributed by atoms with Gasteiger partial charge in [0.05, 0.1) is 5.69 Å². The molecular weight excluding hydrogens is 258 g/mol. The van der Waals surface area contributed by atoms with Gasteiger partial charge in [-0.15, -0.1) is 11.3 Å². The summed E-state index contributed by atoms with van der Waals surface area (Å²) in [5.41, 5.74) is 7.79. The Hall–Kier alpha value is -1.52. The molecule has 3 nitrogen and oxygen atoms in total. The van der Waals surface area contributed by atoms with Gasteiger partial charge < -0.3 is 10.8 Å². The number of benzene rings is 1. The molecule has 0 aliphatic rings. The van der Waals surface area contributed by atoms with Crippen LogP contribution in [0, 0.1) is 6.92 Å². The first kappa shape index (κ1) is 12.0. The van der Waals surface area contributed by atoms with Crippen LogP contribution in [0.1, 0.15) is 15.2 Å². The maximum Gasteiger partial charge on any atom is 0.348 e. The summed E-state index contributed by atoms with van der Waals surface area (Å²) in [6.45, 7) is 1.90. The molecule has 3 N–H and O–H groups in total. The van der Waals surface area contributed by atoms with Gasteiger partial charge in [-0.1, -0.05) is 23.7 Å².